The van der Waals surface area contributed by atoms with Gasteiger partial charge in [0.05, 0.1) is 7.11 Å². The molecule has 1 saturated heterocycles. The van der Waals surface area contributed by atoms with Gasteiger partial charge in [0.2, 0.25) is 0 Å². The van der Waals surface area contributed by atoms with Crippen LogP contribution in [-0.4, -0.2) is 39.2 Å². The molecule has 0 aromatic rings. The zero-order chi connectivity index (χ0) is 10.5. The summed E-state index contributed by atoms with van der Waals surface area (Å²) in [5, 5.41) is 0. The van der Waals surface area contributed by atoms with Crippen LogP contribution in [0.5, 0.6) is 0 Å². The summed E-state index contributed by atoms with van der Waals surface area (Å²) < 4.78 is 6.36. The first-order valence-electron chi connectivity index (χ1n) is 5.27. The van der Waals surface area contributed by atoms with Crippen LogP contribution < -0.4 is 0 Å². The second kappa shape index (κ2) is 3.27. The smallest absolute Gasteiger partial charge is 0.156 e. The second-order valence-corrected chi connectivity index (χ2v) is 51.7. The van der Waals surface area contributed by atoms with Gasteiger partial charge < -0.3 is 4.12 Å². The van der Waals surface area contributed by atoms with Crippen LogP contribution >= 0.6 is 0 Å². The molecule has 6 heteroatoms. The first kappa shape index (κ1) is 12.1. The third kappa shape index (κ3) is 1.65. The predicted octanol–water partition coefficient (Wildman–Crippen LogP) is 1.31. The third-order valence-electron chi connectivity index (χ3n) is 5.04. The standard InChI is InChI=1S/C7H24OSi5/c1-10-9-8-11(2,3)13(6,7)12(10,4)5/h10H,9H2,1-7H3. The van der Waals surface area contributed by atoms with Gasteiger partial charge in [-0.15, -0.1) is 0 Å². The van der Waals surface area contributed by atoms with Crippen molar-refractivity contribution in [3.05, 3.63) is 0 Å². The molecule has 78 valence electrons. The summed E-state index contributed by atoms with van der Waals surface area (Å²) >= 11 is 0. The first-order chi connectivity index (χ1) is 5.63. The Morgan fingerprint density at radius 2 is 1.46 bits per heavy atom. The molecule has 0 spiro atoms. The zero-order valence-corrected chi connectivity index (χ0v) is 15.8. The molecule has 0 radical (unpaired) electrons. The summed E-state index contributed by atoms with van der Waals surface area (Å²) in [6.07, 6.45) is 0. The highest BCUT2D eigenvalue weighted by Crippen LogP contribution is 2.34. The minimum atomic E-state index is -1.20. The molecule has 0 saturated carbocycles. The van der Waals surface area contributed by atoms with E-state index in [1.807, 2.05) is 0 Å². The summed E-state index contributed by atoms with van der Waals surface area (Å²) in [6, 6.07) is 0. The molecule has 1 aliphatic heterocycles. The molecule has 0 bridgehead atoms. The predicted molar refractivity (Wildman–Crippen MR) is 75.1 cm³/mol. The minimum absolute atomic E-state index is 0.0472. The normalized spacial score (nSPS) is 37.6. The van der Waals surface area contributed by atoms with E-state index in [9.17, 15) is 0 Å². The van der Waals surface area contributed by atoms with Gasteiger partial charge in [0, 0.05) is 14.9 Å². The van der Waals surface area contributed by atoms with Gasteiger partial charge in [-0.25, -0.2) is 0 Å². The molecule has 0 aromatic heterocycles. The average Bonchev–Trinajstić information content (AvgIpc) is 1.97. The van der Waals surface area contributed by atoms with Crippen LogP contribution in [0, 0.1) is 0 Å². The number of rotatable bonds is 0. The van der Waals surface area contributed by atoms with Crippen LogP contribution in [-0.2, 0) is 4.12 Å². The summed E-state index contributed by atoms with van der Waals surface area (Å²) in [5.41, 5.74) is 0. The fourth-order valence-electron chi connectivity index (χ4n) is 2.11. The molecule has 0 aliphatic carbocycles. The van der Waals surface area contributed by atoms with Crippen LogP contribution in [0.25, 0.3) is 0 Å². The second-order valence-electron chi connectivity index (χ2n) is 6.07. The number of hydrogen-bond donors (Lipinski definition) is 0. The van der Waals surface area contributed by atoms with Crippen molar-refractivity contribution in [3.63, 3.8) is 0 Å². The monoisotopic (exact) mass is 264 g/mol. The van der Waals surface area contributed by atoms with Crippen molar-refractivity contribution in [2.75, 3.05) is 0 Å². The lowest BCUT2D eigenvalue weighted by atomic mass is 11.9. The Kier molecular flexibility index (Phi) is 3.05. The van der Waals surface area contributed by atoms with Gasteiger partial charge >= 0.3 is 0 Å². The van der Waals surface area contributed by atoms with Gasteiger partial charge in [-0.2, -0.15) is 0 Å². The molecule has 1 nitrogen and oxygen atoms in total. The Labute approximate surface area is 89.1 Å². The van der Waals surface area contributed by atoms with E-state index < -0.39 is 22.1 Å². The van der Waals surface area contributed by atoms with E-state index in [0.29, 0.717) is 0 Å². The largest absolute Gasteiger partial charge is 0.466 e. The molecule has 1 aliphatic rings. The van der Waals surface area contributed by atoms with Gasteiger partial charge in [-0.3, -0.25) is 0 Å². The van der Waals surface area contributed by atoms with Crippen LogP contribution in [0.15, 0.2) is 0 Å². The van der Waals surface area contributed by atoms with E-state index in [1.54, 1.807) is 0 Å². The molecule has 1 heterocycles. The van der Waals surface area contributed by atoms with Crippen molar-refractivity contribution in [2.24, 2.45) is 0 Å². The van der Waals surface area contributed by atoms with E-state index in [1.165, 1.54) is 0 Å². The Bertz CT molecular complexity index is 213. The zero-order valence-electron chi connectivity index (χ0n) is 10.2. The average molecular weight is 265 g/mol. The maximum atomic E-state index is 6.36. The summed E-state index contributed by atoms with van der Waals surface area (Å²) in [6.45, 7) is 18.3. The van der Waals surface area contributed by atoms with E-state index in [2.05, 4.69) is 45.8 Å². The molecule has 1 unspecified atom stereocenters. The molecule has 1 fully saturated rings. The lowest BCUT2D eigenvalue weighted by Crippen LogP contribution is -2.81. The summed E-state index contributed by atoms with van der Waals surface area (Å²) in [5.74, 6) is 0. The lowest BCUT2D eigenvalue weighted by molar-refractivity contribution is 0.624. The van der Waals surface area contributed by atoms with Crippen LogP contribution in [0.1, 0.15) is 0 Å². The maximum Gasteiger partial charge on any atom is 0.156 e. The van der Waals surface area contributed by atoms with Crippen molar-refractivity contribution in [3.8, 4) is 0 Å². The van der Waals surface area contributed by atoms with Crippen molar-refractivity contribution < 1.29 is 4.12 Å². The van der Waals surface area contributed by atoms with E-state index >= 15 is 0 Å². The van der Waals surface area contributed by atoms with Gasteiger partial charge in [0.1, 0.15) is 9.28 Å². The van der Waals surface area contributed by atoms with Gasteiger partial charge in [-0.05, 0) is 13.1 Å². The van der Waals surface area contributed by atoms with Crippen molar-refractivity contribution in [1.29, 1.82) is 0 Å². The highest BCUT2D eigenvalue weighted by atomic mass is 29.9. The molecule has 1 atom stereocenters. The fraction of sp³-hybridized carbons (Fsp3) is 1.00. The van der Waals surface area contributed by atoms with Crippen molar-refractivity contribution in [2.45, 2.75) is 45.8 Å². The van der Waals surface area contributed by atoms with Gasteiger partial charge in [0.25, 0.3) is 0 Å². The molecule has 13 heavy (non-hydrogen) atoms. The Morgan fingerprint density at radius 1 is 1.00 bits per heavy atom. The molecule has 0 amide bonds. The van der Waals surface area contributed by atoms with E-state index in [0.717, 1.165) is 0 Å². The third-order valence-corrected chi connectivity index (χ3v) is 87.3. The van der Waals surface area contributed by atoms with Gasteiger partial charge in [-0.1, -0.05) is 32.7 Å². The van der Waals surface area contributed by atoms with Crippen LogP contribution in [0.2, 0.25) is 45.8 Å². The highest BCUT2D eigenvalue weighted by molar-refractivity contribution is 7.86. The Hall–Kier alpha value is 1.04. The Morgan fingerprint density at radius 3 is 1.85 bits per heavy atom. The lowest BCUT2D eigenvalue weighted by Gasteiger charge is -2.54. The highest BCUT2D eigenvalue weighted by Gasteiger charge is 2.58. The SMILES string of the molecule is C[SiH]1[SiH2]O[Si](C)(C)[Si](C)(C)[Si]1(C)C. The van der Waals surface area contributed by atoms with Crippen molar-refractivity contribution >= 4 is 39.2 Å². The van der Waals surface area contributed by atoms with E-state index in [4.69, 9.17) is 4.12 Å². The number of hydrogen-bond acceptors (Lipinski definition) is 1. The first-order valence-corrected chi connectivity index (χ1v) is 23.0. The molecule has 1 rings (SSSR count). The van der Waals surface area contributed by atoms with Gasteiger partial charge in [0.15, 0.2) is 7.83 Å². The molecular formula is C7H24OSi5. The summed E-state index contributed by atoms with van der Waals surface area (Å²) in [4.78, 5) is 0. The molecule has 0 N–H and O–H groups in total. The molecule has 0 aromatic carbocycles. The Balaban J connectivity index is 3.07. The quantitative estimate of drug-likeness (QED) is 0.600. The van der Waals surface area contributed by atoms with Crippen LogP contribution in [0.4, 0.5) is 0 Å². The van der Waals surface area contributed by atoms with Crippen molar-refractivity contribution in [1.82, 2.24) is 0 Å². The maximum absolute atomic E-state index is 6.36. The minimum Gasteiger partial charge on any atom is -0.466 e. The van der Waals surface area contributed by atoms with E-state index in [-0.39, 0.29) is 17.1 Å². The van der Waals surface area contributed by atoms with Crippen LogP contribution in [0.3, 0.4) is 0 Å². The topological polar surface area (TPSA) is 9.23 Å². The molecular weight excluding hydrogens is 241 g/mol. The fourth-order valence-corrected chi connectivity index (χ4v) is 101. The summed E-state index contributed by atoms with van der Waals surface area (Å²) in [7, 11) is -3.34.